The normalized spacial score (nSPS) is 27.7. The molecule has 1 atom stereocenters. The van der Waals surface area contributed by atoms with E-state index in [2.05, 4.69) is 5.16 Å². The van der Waals surface area contributed by atoms with Crippen molar-refractivity contribution in [3.8, 4) is 0 Å². The van der Waals surface area contributed by atoms with Crippen LogP contribution in [-0.4, -0.2) is 17.4 Å². The van der Waals surface area contributed by atoms with Crippen LogP contribution in [0.15, 0.2) is 5.16 Å². The van der Waals surface area contributed by atoms with E-state index < -0.39 is 0 Å². The minimum Gasteiger partial charge on any atom is -0.390 e. The van der Waals surface area contributed by atoms with Crippen LogP contribution in [0.25, 0.3) is 0 Å². The molecule has 0 aromatic rings. The van der Waals surface area contributed by atoms with Gasteiger partial charge < -0.3 is 10.6 Å². The van der Waals surface area contributed by atoms with Gasteiger partial charge >= 0.3 is 0 Å². The summed E-state index contributed by atoms with van der Waals surface area (Å²) in [5.41, 5.74) is 6.72. The largest absolute Gasteiger partial charge is 0.390 e. The maximum Gasteiger partial charge on any atom is 0.129 e. The topological polar surface area (TPSA) is 47.6 Å². The van der Waals surface area contributed by atoms with Gasteiger partial charge in [-0.1, -0.05) is 11.6 Å². The van der Waals surface area contributed by atoms with Gasteiger partial charge in [0.2, 0.25) is 0 Å². The fraction of sp³-hybridized carbons (Fsp3) is 0.900. The zero-order valence-electron chi connectivity index (χ0n) is 8.84. The molecule has 0 aromatic carbocycles. The Labute approximate surface area is 80.3 Å². The number of oxime groups is 1. The Morgan fingerprint density at radius 2 is 2.08 bits per heavy atom. The van der Waals surface area contributed by atoms with E-state index in [1.807, 2.05) is 20.8 Å². The molecule has 0 aromatic heterocycles. The molecule has 1 saturated carbocycles. The summed E-state index contributed by atoms with van der Waals surface area (Å²) in [5.74, 6) is 0. The Morgan fingerprint density at radius 1 is 1.38 bits per heavy atom. The zero-order chi connectivity index (χ0) is 9.90. The van der Waals surface area contributed by atoms with E-state index in [-0.39, 0.29) is 11.6 Å². The van der Waals surface area contributed by atoms with Gasteiger partial charge in [-0.3, -0.25) is 0 Å². The molecule has 1 aliphatic rings. The molecule has 76 valence electrons. The molecule has 2 N–H and O–H groups in total. The lowest BCUT2D eigenvalue weighted by atomic mass is 9.94. The maximum absolute atomic E-state index is 5.90. The summed E-state index contributed by atoms with van der Waals surface area (Å²) in [6.45, 7) is 5.97. The predicted octanol–water partition coefficient (Wildman–Crippen LogP) is 2.06. The maximum atomic E-state index is 5.90. The lowest BCUT2D eigenvalue weighted by Crippen LogP contribution is -2.34. The first-order valence-corrected chi connectivity index (χ1v) is 4.99. The van der Waals surface area contributed by atoms with E-state index in [1.54, 1.807) is 0 Å². The molecule has 1 fully saturated rings. The van der Waals surface area contributed by atoms with Crippen LogP contribution in [-0.2, 0) is 4.84 Å². The number of nitrogens with two attached hydrogens (primary N) is 1. The van der Waals surface area contributed by atoms with Crippen LogP contribution in [0.5, 0.6) is 0 Å². The first kappa shape index (κ1) is 10.5. The highest BCUT2D eigenvalue weighted by Gasteiger charge is 2.18. The fourth-order valence-electron chi connectivity index (χ4n) is 1.33. The molecule has 0 spiro atoms. The SMILES string of the molecule is CC(C)(C)O/N=C1/CCCCC1N. The van der Waals surface area contributed by atoms with Crippen molar-refractivity contribution < 1.29 is 4.84 Å². The lowest BCUT2D eigenvalue weighted by molar-refractivity contribution is -0.000216. The van der Waals surface area contributed by atoms with Crippen LogP contribution in [0, 0.1) is 0 Å². The van der Waals surface area contributed by atoms with E-state index >= 15 is 0 Å². The van der Waals surface area contributed by atoms with E-state index in [9.17, 15) is 0 Å². The van der Waals surface area contributed by atoms with Gasteiger partial charge in [0.25, 0.3) is 0 Å². The minimum atomic E-state index is -0.204. The molecule has 3 heteroatoms. The highest BCUT2D eigenvalue weighted by molar-refractivity contribution is 5.89. The first-order chi connectivity index (χ1) is 5.99. The van der Waals surface area contributed by atoms with Crippen molar-refractivity contribution >= 4 is 5.71 Å². The van der Waals surface area contributed by atoms with Crippen molar-refractivity contribution in [2.75, 3.05) is 0 Å². The third kappa shape index (κ3) is 3.77. The van der Waals surface area contributed by atoms with Crippen molar-refractivity contribution in [3.63, 3.8) is 0 Å². The van der Waals surface area contributed by atoms with E-state index in [4.69, 9.17) is 10.6 Å². The Morgan fingerprint density at radius 3 is 2.62 bits per heavy atom. The summed E-state index contributed by atoms with van der Waals surface area (Å²) >= 11 is 0. The summed E-state index contributed by atoms with van der Waals surface area (Å²) in [6, 6.07) is 0.121. The number of nitrogens with zero attached hydrogens (tertiary/aromatic N) is 1. The van der Waals surface area contributed by atoms with Gasteiger partial charge in [0.15, 0.2) is 0 Å². The summed E-state index contributed by atoms with van der Waals surface area (Å²) < 4.78 is 0. The molecule has 13 heavy (non-hydrogen) atoms. The van der Waals surface area contributed by atoms with Gasteiger partial charge in [0.1, 0.15) is 5.60 Å². The predicted molar refractivity (Wildman–Crippen MR) is 54.7 cm³/mol. The fourth-order valence-corrected chi connectivity index (χ4v) is 1.33. The lowest BCUT2D eigenvalue weighted by Gasteiger charge is -2.22. The van der Waals surface area contributed by atoms with Crippen LogP contribution in [0.2, 0.25) is 0 Å². The second kappa shape index (κ2) is 4.09. The van der Waals surface area contributed by atoms with E-state index in [1.165, 1.54) is 12.8 Å². The zero-order valence-corrected chi connectivity index (χ0v) is 8.84. The van der Waals surface area contributed by atoms with E-state index in [0.717, 1.165) is 18.6 Å². The first-order valence-electron chi connectivity index (χ1n) is 4.99. The van der Waals surface area contributed by atoms with Crippen LogP contribution in [0.4, 0.5) is 0 Å². The molecule has 0 bridgehead atoms. The summed E-state index contributed by atoms with van der Waals surface area (Å²) in [4.78, 5) is 5.35. The summed E-state index contributed by atoms with van der Waals surface area (Å²) in [6.07, 6.45) is 4.46. The van der Waals surface area contributed by atoms with Crippen molar-refractivity contribution in [2.45, 2.75) is 58.1 Å². The van der Waals surface area contributed by atoms with Gasteiger partial charge in [-0.05, 0) is 40.0 Å². The van der Waals surface area contributed by atoms with Gasteiger partial charge in [0.05, 0.1) is 5.71 Å². The summed E-state index contributed by atoms with van der Waals surface area (Å²) in [5, 5.41) is 4.13. The molecule has 0 amide bonds. The van der Waals surface area contributed by atoms with Gasteiger partial charge in [-0.2, -0.15) is 0 Å². The van der Waals surface area contributed by atoms with Gasteiger partial charge in [-0.25, -0.2) is 0 Å². The molecule has 3 nitrogen and oxygen atoms in total. The van der Waals surface area contributed by atoms with Crippen LogP contribution in [0.1, 0.15) is 46.5 Å². The molecule has 0 saturated heterocycles. The Bertz CT molecular complexity index is 194. The number of rotatable bonds is 1. The molecule has 1 aliphatic carbocycles. The monoisotopic (exact) mass is 184 g/mol. The van der Waals surface area contributed by atoms with Crippen LogP contribution < -0.4 is 5.73 Å². The third-order valence-electron chi connectivity index (χ3n) is 2.06. The molecule has 0 heterocycles. The highest BCUT2D eigenvalue weighted by Crippen LogP contribution is 2.16. The Balaban J connectivity index is 2.49. The molecule has 1 rings (SSSR count). The Hall–Kier alpha value is -0.570. The molecular formula is C10H20N2O. The third-order valence-corrected chi connectivity index (χ3v) is 2.06. The average molecular weight is 184 g/mol. The van der Waals surface area contributed by atoms with Crippen LogP contribution in [0.3, 0.4) is 0 Å². The van der Waals surface area contributed by atoms with Gasteiger partial charge in [-0.15, -0.1) is 0 Å². The average Bonchev–Trinajstić information content (AvgIpc) is 2.01. The summed E-state index contributed by atoms with van der Waals surface area (Å²) in [7, 11) is 0. The molecule has 0 radical (unpaired) electrons. The number of hydrogen-bond acceptors (Lipinski definition) is 3. The smallest absolute Gasteiger partial charge is 0.129 e. The Kier molecular flexibility index (Phi) is 3.31. The standard InChI is InChI=1S/C10H20N2O/c1-10(2,3)13-12-9-7-5-4-6-8(9)11/h8H,4-7,11H2,1-3H3/b12-9-. The number of hydrogen-bond donors (Lipinski definition) is 1. The highest BCUT2D eigenvalue weighted by atomic mass is 16.6. The van der Waals surface area contributed by atoms with Crippen LogP contribution >= 0.6 is 0 Å². The minimum absolute atomic E-state index is 0.121. The van der Waals surface area contributed by atoms with E-state index in [0.29, 0.717) is 0 Å². The second-order valence-electron chi connectivity index (χ2n) is 4.64. The molecular weight excluding hydrogens is 164 g/mol. The van der Waals surface area contributed by atoms with Gasteiger partial charge in [0, 0.05) is 6.04 Å². The van der Waals surface area contributed by atoms with Crippen molar-refractivity contribution in [1.82, 2.24) is 0 Å². The van der Waals surface area contributed by atoms with Crippen molar-refractivity contribution in [2.24, 2.45) is 10.9 Å². The van der Waals surface area contributed by atoms with Crippen molar-refractivity contribution in [1.29, 1.82) is 0 Å². The molecule has 0 aliphatic heterocycles. The van der Waals surface area contributed by atoms with Crippen molar-refractivity contribution in [3.05, 3.63) is 0 Å². The second-order valence-corrected chi connectivity index (χ2v) is 4.64. The quantitative estimate of drug-likeness (QED) is 0.634. The molecule has 1 unspecified atom stereocenters.